The van der Waals surface area contributed by atoms with Crippen molar-refractivity contribution in [2.75, 3.05) is 52.7 Å². The fourth-order valence-electron chi connectivity index (χ4n) is 6.02. The highest BCUT2D eigenvalue weighted by atomic mass is 19.4. The molecule has 4 heterocycles. The minimum absolute atomic E-state index is 0.115. The summed E-state index contributed by atoms with van der Waals surface area (Å²) < 4.78 is 69.3. The van der Waals surface area contributed by atoms with Crippen LogP contribution in [0, 0.1) is 0 Å². The predicted molar refractivity (Wildman–Crippen MR) is 183 cm³/mol. The molecule has 15 heteroatoms. The number of ether oxygens (including phenoxy) is 4. The summed E-state index contributed by atoms with van der Waals surface area (Å²) in [5.41, 5.74) is 7.11. The second-order valence-electron chi connectivity index (χ2n) is 12.7. The molecule has 1 aliphatic heterocycles. The maximum Gasteiger partial charge on any atom is 0.418 e. The van der Waals surface area contributed by atoms with Gasteiger partial charge in [-0.25, -0.2) is 4.79 Å². The van der Waals surface area contributed by atoms with E-state index < -0.39 is 17.4 Å². The van der Waals surface area contributed by atoms with Crippen LogP contribution in [0.15, 0.2) is 78.1 Å². The van der Waals surface area contributed by atoms with E-state index in [1.807, 2.05) is 48.0 Å². The molecule has 3 aromatic heterocycles. The molecule has 5 aromatic rings. The van der Waals surface area contributed by atoms with Gasteiger partial charge >= 0.3 is 11.9 Å². The first-order chi connectivity index (χ1) is 24.7. The molecule has 0 aliphatic carbocycles. The number of fused-ring (bicyclic) bond motifs is 1. The van der Waals surface area contributed by atoms with Crippen molar-refractivity contribution in [2.24, 2.45) is 12.8 Å². The van der Waals surface area contributed by atoms with E-state index in [9.17, 15) is 18.0 Å². The van der Waals surface area contributed by atoms with Crippen molar-refractivity contribution >= 4 is 5.52 Å². The number of pyridine rings is 1. The normalized spacial score (nSPS) is 14.3. The molecule has 1 saturated heterocycles. The van der Waals surface area contributed by atoms with Gasteiger partial charge in [-0.3, -0.25) is 8.97 Å². The first kappa shape index (κ1) is 36.4. The molecule has 0 radical (unpaired) electrons. The molecule has 2 aromatic carbocycles. The molecular formula is C36H42F3N7O5. The third-order valence-corrected chi connectivity index (χ3v) is 8.87. The first-order valence-electron chi connectivity index (χ1n) is 16.7. The molecule has 0 unspecified atom stereocenters. The lowest BCUT2D eigenvalue weighted by atomic mass is 9.75. The lowest BCUT2D eigenvalue weighted by molar-refractivity contribution is -0.136. The van der Waals surface area contributed by atoms with E-state index in [0.717, 1.165) is 33.0 Å². The van der Waals surface area contributed by atoms with Crippen molar-refractivity contribution in [2.45, 2.75) is 37.8 Å². The monoisotopic (exact) mass is 709 g/mol. The Morgan fingerprint density at radius 1 is 0.941 bits per heavy atom. The molecule has 3 N–H and O–H groups in total. The number of imidazole rings is 1. The summed E-state index contributed by atoms with van der Waals surface area (Å²) in [6.45, 7) is 4.49. The zero-order valence-corrected chi connectivity index (χ0v) is 28.4. The van der Waals surface area contributed by atoms with Gasteiger partial charge in [-0.15, -0.1) is 10.2 Å². The first-order valence-corrected chi connectivity index (χ1v) is 16.7. The summed E-state index contributed by atoms with van der Waals surface area (Å²) in [7, 11) is 1.87. The molecule has 0 bridgehead atoms. The summed E-state index contributed by atoms with van der Waals surface area (Å²) in [6, 6.07) is 16.3. The van der Waals surface area contributed by atoms with Crippen LogP contribution in [0.25, 0.3) is 11.2 Å². The van der Waals surface area contributed by atoms with Crippen molar-refractivity contribution in [3.05, 3.63) is 117 Å². The fourth-order valence-corrected chi connectivity index (χ4v) is 6.02. The van der Waals surface area contributed by atoms with E-state index in [1.165, 1.54) is 17.0 Å². The molecule has 0 saturated carbocycles. The number of nitrogens with zero attached hydrogens (tertiary/aromatic N) is 5. The number of nitrogens with one attached hydrogen (secondary N) is 1. The number of hydrogen-bond donors (Lipinski definition) is 2. The Morgan fingerprint density at radius 2 is 1.67 bits per heavy atom. The Kier molecular flexibility index (Phi) is 11.6. The van der Waals surface area contributed by atoms with Crippen molar-refractivity contribution in [1.82, 2.24) is 29.0 Å². The molecule has 0 atom stereocenters. The Balaban J connectivity index is 1.04. The molecule has 51 heavy (non-hydrogen) atoms. The number of aryl methyl sites for hydroxylation is 1. The molecule has 1 aliphatic rings. The van der Waals surface area contributed by atoms with Gasteiger partial charge < -0.3 is 34.6 Å². The van der Waals surface area contributed by atoms with Crippen molar-refractivity contribution < 1.29 is 32.1 Å². The van der Waals surface area contributed by atoms with E-state index in [0.29, 0.717) is 83.6 Å². The highest BCUT2D eigenvalue weighted by Gasteiger charge is 2.42. The Hall–Kier alpha value is -4.38. The largest absolute Gasteiger partial charge is 0.418 e. The summed E-state index contributed by atoms with van der Waals surface area (Å²) in [5.74, 6) is 0.784. The van der Waals surface area contributed by atoms with E-state index in [1.54, 1.807) is 18.5 Å². The van der Waals surface area contributed by atoms with Crippen LogP contribution in [0.5, 0.6) is 0 Å². The summed E-state index contributed by atoms with van der Waals surface area (Å²) in [4.78, 5) is 13.6. The van der Waals surface area contributed by atoms with Crippen LogP contribution < -0.4 is 16.7 Å². The van der Waals surface area contributed by atoms with E-state index in [4.69, 9.17) is 24.7 Å². The molecular weight excluding hydrogens is 667 g/mol. The van der Waals surface area contributed by atoms with E-state index in [2.05, 4.69) is 15.5 Å². The average Bonchev–Trinajstić information content (AvgIpc) is 3.67. The number of rotatable bonds is 18. The fraction of sp³-hybridized carbons (Fsp3) is 0.417. The van der Waals surface area contributed by atoms with Crippen molar-refractivity contribution in [3.63, 3.8) is 0 Å². The van der Waals surface area contributed by atoms with Gasteiger partial charge in [-0.2, -0.15) is 13.2 Å². The molecule has 6 rings (SSSR count). The Bertz CT molecular complexity index is 1950. The van der Waals surface area contributed by atoms with Gasteiger partial charge in [0, 0.05) is 50.9 Å². The van der Waals surface area contributed by atoms with E-state index >= 15 is 0 Å². The van der Waals surface area contributed by atoms with E-state index in [-0.39, 0.29) is 17.5 Å². The van der Waals surface area contributed by atoms with Gasteiger partial charge in [-0.1, -0.05) is 36.4 Å². The minimum Gasteiger partial charge on any atom is -0.379 e. The number of hydrogen-bond acceptors (Lipinski definition) is 9. The summed E-state index contributed by atoms with van der Waals surface area (Å²) >= 11 is 0. The zero-order chi connectivity index (χ0) is 35.8. The molecule has 0 spiro atoms. The maximum atomic E-state index is 14.3. The van der Waals surface area contributed by atoms with Gasteiger partial charge in [0.1, 0.15) is 12.2 Å². The van der Waals surface area contributed by atoms with Gasteiger partial charge in [-0.05, 0) is 40.5 Å². The minimum atomic E-state index is -4.67. The smallest absolute Gasteiger partial charge is 0.379 e. The third-order valence-electron chi connectivity index (χ3n) is 8.87. The molecule has 12 nitrogen and oxygen atoms in total. The lowest BCUT2D eigenvalue weighted by Crippen LogP contribution is -2.49. The number of benzene rings is 2. The van der Waals surface area contributed by atoms with Gasteiger partial charge in [0.2, 0.25) is 0 Å². The molecule has 272 valence electrons. The Morgan fingerprint density at radius 3 is 2.31 bits per heavy atom. The second kappa shape index (κ2) is 16.3. The number of nitrogens with two attached hydrogens (primary N) is 1. The highest BCUT2D eigenvalue weighted by Crippen LogP contribution is 2.37. The van der Waals surface area contributed by atoms with Crippen LogP contribution in [0.2, 0.25) is 0 Å². The molecule has 1 fully saturated rings. The second-order valence-corrected chi connectivity index (χ2v) is 12.7. The number of aromatic nitrogens is 5. The van der Waals surface area contributed by atoms with Crippen LogP contribution in [-0.4, -0.2) is 76.5 Å². The van der Waals surface area contributed by atoms with Crippen LogP contribution in [0.3, 0.4) is 0 Å². The van der Waals surface area contributed by atoms with Crippen LogP contribution >= 0.6 is 0 Å². The van der Waals surface area contributed by atoms with Gasteiger partial charge in [0.25, 0.3) is 0 Å². The van der Waals surface area contributed by atoms with Crippen molar-refractivity contribution in [1.29, 1.82) is 0 Å². The predicted octanol–water partition coefficient (Wildman–Crippen LogP) is 3.55. The standard InChI is InChI=1S/C36H42F3N7O5/c1-44-25-42-43-33(44)17-35(23-51-24-35)29-3-2-4-30(16-29)45-20-32-31(36(37,38)39)15-28(19-46(32)34(45)47)18-41-10-12-48-13-14-50-22-27-7-5-26(6-8-27)21-49-11-9-40/h2-8,15-16,19-20,25,41H,9-14,17-18,21-24,40H2,1H3. The third kappa shape index (κ3) is 8.75. The zero-order valence-electron chi connectivity index (χ0n) is 28.4. The summed E-state index contributed by atoms with van der Waals surface area (Å²) in [5, 5.41) is 11.3. The quantitative estimate of drug-likeness (QED) is 0.131. The lowest BCUT2D eigenvalue weighted by Gasteiger charge is -2.41. The van der Waals surface area contributed by atoms with Gasteiger partial charge in [0.05, 0.1) is 69.6 Å². The van der Waals surface area contributed by atoms with Gasteiger partial charge in [0.15, 0.2) is 0 Å². The topological polar surface area (TPSA) is 132 Å². The van der Waals surface area contributed by atoms with Crippen LogP contribution in [0.4, 0.5) is 13.2 Å². The maximum absolute atomic E-state index is 14.3. The molecule has 0 amide bonds. The number of halogens is 3. The highest BCUT2D eigenvalue weighted by molar-refractivity contribution is 5.58. The van der Waals surface area contributed by atoms with Crippen LogP contribution in [-0.2, 0) is 63.8 Å². The van der Waals surface area contributed by atoms with Crippen LogP contribution in [0.1, 0.15) is 33.6 Å². The van der Waals surface area contributed by atoms with Crippen molar-refractivity contribution in [3.8, 4) is 5.69 Å². The average molecular weight is 710 g/mol. The Labute approximate surface area is 292 Å². The summed E-state index contributed by atoms with van der Waals surface area (Å²) in [6.07, 6.45) is 0.220. The number of alkyl halides is 3. The SMILES string of the molecule is Cn1cnnc1CC1(c2cccc(-n3cc4c(C(F)(F)F)cc(CNCCOCCOCc5ccc(COCCN)cc5)cn4c3=O)c2)COC1.